The summed E-state index contributed by atoms with van der Waals surface area (Å²) >= 11 is 0. The second kappa shape index (κ2) is 8.39. The fourth-order valence-electron chi connectivity index (χ4n) is 2.21. The van der Waals surface area contributed by atoms with E-state index in [1.165, 1.54) is 6.33 Å². The van der Waals surface area contributed by atoms with Gasteiger partial charge in [0.1, 0.15) is 18.4 Å². The Labute approximate surface area is 151 Å². The number of carbonyl (C=O) groups excluding carboxylic acids is 1. The minimum Gasteiger partial charge on any atom is -0.318 e. The van der Waals surface area contributed by atoms with Gasteiger partial charge in [-0.25, -0.2) is 14.5 Å². The minimum atomic E-state index is -0.369. The second-order valence-electron chi connectivity index (χ2n) is 5.76. The van der Waals surface area contributed by atoms with Crippen molar-refractivity contribution in [2.75, 3.05) is 0 Å². The highest BCUT2D eigenvalue weighted by Gasteiger charge is 2.12. The van der Waals surface area contributed by atoms with Gasteiger partial charge in [0.25, 0.3) is 0 Å². The van der Waals surface area contributed by atoms with E-state index in [1.54, 1.807) is 24.9 Å². The zero-order valence-corrected chi connectivity index (χ0v) is 14.8. The van der Waals surface area contributed by atoms with Crippen molar-refractivity contribution in [1.29, 1.82) is 0 Å². The average Bonchev–Trinajstić information content (AvgIpc) is 3.10. The lowest BCUT2D eigenvalue weighted by Gasteiger charge is -2.08. The van der Waals surface area contributed by atoms with Crippen molar-refractivity contribution >= 4 is 34.9 Å². The summed E-state index contributed by atoms with van der Waals surface area (Å²) in [6, 6.07) is 14.1. The molecule has 0 radical (unpaired) electrons. The van der Waals surface area contributed by atoms with Crippen molar-refractivity contribution in [2.45, 2.75) is 20.4 Å². The molecule has 2 aromatic carbocycles. The molecule has 0 atom stereocenters. The summed E-state index contributed by atoms with van der Waals surface area (Å²) in [6.45, 7) is 3.90. The molecule has 1 heterocycles. The Morgan fingerprint density at radius 1 is 1.20 bits per heavy atom. The van der Waals surface area contributed by atoms with Crippen LogP contribution in [0.1, 0.15) is 19.4 Å². The molecule has 6 nitrogen and oxygen atoms in total. The quantitative estimate of drug-likeness (QED) is 0.398. The molecule has 3 rings (SSSR count). The third kappa shape index (κ3) is 4.64. The summed E-state index contributed by atoms with van der Waals surface area (Å²) in [6.07, 6.45) is 3.05. The summed E-state index contributed by atoms with van der Waals surface area (Å²) in [5, 5.41) is 10.4. The zero-order chi connectivity index (χ0) is 16.9. The number of hydrogen-bond acceptors (Lipinski definition) is 5. The van der Waals surface area contributed by atoms with Crippen molar-refractivity contribution in [1.82, 2.24) is 14.8 Å². The molecule has 130 valence electrons. The van der Waals surface area contributed by atoms with Crippen LogP contribution in [-0.4, -0.2) is 26.4 Å². The molecule has 0 N–H and O–H groups in total. The Balaban J connectivity index is 0.00000225. The zero-order valence-electron chi connectivity index (χ0n) is 14.0. The van der Waals surface area contributed by atoms with Crippen molar-refractivity contribution in [3.05, 3.63) is 60.7 Å². The summed E-state index contributed by atoms with van der Waals surface area (Å²) in [5.74, 6) is -0.607. The van der Waals surface area contributed by atoms with Gasteiger partial charge in [0.15, 0.2) is 0 Å². The van der Waals surface area contributed by atoms with E-state index in [9.17, 15) is 4.79 Å². The molecule has 0 amide bonds. The van der Waals surface area contributed by atoms with Gasteiger partial charge in [-0.05, 0) is 16.8 Å². The number of rotatable bonds is 5. The third-order valence-electron chi connectivity index (χ3n) is 3.58. The average molecular weight is 359 g/mol. The molecule has 0 fully saturated rings. The fraction of sp³-hybridized carbons (Fsp3) is 0.222. The number of aromatic nitrogens is 3. The Morgan fingerprint density at radius 2 is 1.96 bits per heavy atom. The second-order valence-corrected chi connectivity index (χ2v) is 5.76. The lowest BCUT2D eigenvalue weighted by Crippen LogP contribution is -2.15. The van der Waals surface area contributed by atoms with E-state index in [1.807, 2.05) is 42.5 Å². The molecule has 0 bridgehead atoms. The molecule has 3 aromatic rings. The van der Waals surface area contributed by atoms with Crippen molar-refractivity contribution in [3.63, 3.8) is 0 Å². The molecule has 0 aliphatic heterocycles. The van der Waals surface area contributed by atoms with E-state index in [0.717, 1.165) is 16.3 Å². The van der Waals surface area contributed by atoms with Gasteiger partial charge in [0.2, 0.25) is 0 Å². The first-order valence-corrected chi connectivity index (χ1v) is 7.73. The number of benzene rings is 2. The Morgan fingerprint density at radius 3 is 2.64 bits per heavy atom. The van der Waals surface area contributed by atoms with Gasteiger partial charge in [0, 0.05) is 5.56 Å². The molecular formula is C18H19ClN4O2. The summed E-state index contributed by atoms with van der Waals surface area (Å²) in [7, 11) is 0. The Kier molecular flexibility index (Phi) is 6.25. The molecule has 0 spiro atoms. The summed E-state index contributed by atoms with van der Waals surface area (Å²) in [4.78, 5) is 20.7. The molecule has 0 aliphatic carbocycles. The van der Waals surface area contributed by atoms with E-state index in [-0.39, 0.29) is 24.3 Å². The predicted octanol–water partition coefficient (Wildman–Crippen LogP) is 3.46. The standard InChI is InChI=1S/C18H18N4O2.ClH/c1-13(2)18(23)24-21-17(10-22-12-19-11-20-22)16-8-7-14-5-3-4-6-15(14)9-16;/h3-9,11-13H,10H2,1-2H3;1H/b21-17+;. The van der Waals surface area contributed by atoms with Gasteiger partial charge in [-0.15, -0.1) is 12.4 Å². The van der Waals surface area contributed by atoms with Crippen LogP contribution in [0.5, 0.6) is 0 Å². The lowest BCUT2D eigenvalue weighted by atomic mass is 10.0. The first-order valence-electron chi connectivity index (χ1n) is 7.73. The van der Waals surface area contributed by atoms with Gasteiger partial charge in [-0.2, -0.15) is 5.10 Å². The molecule has 0 aliphatic rings. The smallest absolute Gasteiger partial charge is 0.318 e. The van der Waals surface area contributed by atoms with E-state index in [4.69, 9.17) is 4.84 Å². The van der Waals surface area contributed by atoms with Crippen molar-refractivity contribution in [3.8, 4) is 0 Å². The number of halogens is 1. The van der Waals surface area contributed by atoms with Gasteiger partial charge in [-0.1, -0.05) is 55.4 Å². The molecule has 7 heteroatoms. The van der Waals surface area contributed by atoms with Gasteiger partial charge in [0.05, 0.1) is 12.5 Å². The topological polar surface area (TPSA) is 69.4 Å². The van der Waals surface area contributed by atoms with E-state index < -0.39 is 0 Å². The molecule has 25 heavy (non-hydrogen) atoms. The van der Waals surface area contributed by atoms with E-state index in [2.05, 4.69) is 15.2 Å². The maximum Gasteiger partial charge on any atom is 0.337 e. The van der Waals surface area contributed by atoms with Crippen LogP contribution < -0.4 is 0 Å². The minimum absolute atomic E-state index is 0. The molecule has 0 saturated heterocycles. The highest BCUT2D eigenvalue weighted by molar-refractivity contribution is 6.03. The Hall–Kier alpha value is -2.73. The SMILES string of the molecule is CC(C)C(=O)O/N=C(\Cn1cncn1)c1ccc2ccccc2c1.Cl. The van der Waals surface area contributed by atoms with Crippen molar-refractivity contribution in [2.24, 2.45) is 11.1 Å². The van der Waals surface area contributed by atoms with Crippen LogP contribution in [0.25, 0.3) is 10.8 Å². The highest BCUT2D eigenvalue weighted by Crippen LogP contribution is 2.17. The first kappa shape index (κ1) is 18.6. The number of hydrogen-bond donors (Lipinski definition) is 0. The predicted molar refractivity (Wildman–Crippen MR) is 98.7 cm³/mol. The van der Waals surface area contributed by atoms with Crippen LogP contribution in [0.2, 0.25) is 0 Å². The normalized spacial score (nSPS) is 11.4. The van der Waals surface area contributed by atoms with Gasteiger partial charge in [-0.3, -0.25) is 0 Å². The highest BCUT2D eigenvalue weighted by atomic mass is 35.5. The largest absolute Gasteiger partial charge is 0.337 e. The van der Waals surface area contributed by atoms with Crippen LogP contribution in [0.3, 0.4) is 0 Å². The molecular weight excluding hydrogens is 340 g/mol. The molecule has 0 unspecified atom stereocenters. The fourth-order valence-corrected chi connectivity index (χ4v) is 2.21. The van der Waals surface area contributed by atoms with E-state index >= 15 is 0 Å². The van der Waals surface area contributed by atoms with Crippen LogP contribution in [0, 0.1) is 5.92 Å². The van der Waals surface area contributed by atoms with Crippen LogP contribution in [0.15, 0.2) is 60.3 Å². The van der Waals surface area contributed by atoms with Crippen LogP contribution in [0.4, 0.5) is 0 Å². The summed E-state index contributed by atoms with van der Waals surface area (Å²) in [5.41, 5.74) is 1.49. The molecule has 1 aromatic heterocycles. The van der Waals surface area contributed by atoms with Crippen molar-refractivity contribution < 1.29 is 9.63 Å². The van der Waals surface area contributed by atoms with Crippen LogP contribution in [-0.2, 0) is 16.2 Å². The number of nitrogens with zero attached hydrogens (tertiary/aromatic N) is 4. The third-order valence-corrected chi connectivity index (χ3v) is 3.58. The summed E-state index contributed by atoms with van der Waals surface area (Å²) < 4.78 is 1.64. The Bertz CT molecular complexity index is 876. The van der Waals surface area contributed by atoms with Crippen LogP contribution >= 0.6 is 12.4 Å². The van der Waals surface area contributed by atoms with Gasteiger partial charge >= 0.3 is 5.97 Å². The lowest BCUT2D eigenvalue weighted by molar-refractivity contribution is -0.147. The molecule has 0 saturated carbocycles. The van der Waals surface area contributed by atoms with Gasteiger partial charge < -0.3 is 4.84 Å². The van der Waals surface area contributed by atoms with E-state index in [0.29, 0.717) is 12.3 Å². The first-order chi connectivity index (χ1) is 11.6. The number of fused-ring (bicyclic) bond motifs is 1. The number of carbonyl (C=O) groups is 1. The monoisotopic (exact) mass is 358 g/mol. The maximum absolute atomic E-state index is 11.7. The maximum atomic E-state index is 11.7. The number of oxime groups is 1.